The smallest absolute Gasteiger partial charge is 0.328 e. The first-order valence-corrected chi connectivity index (χ1v) is 5.56. The first kappa shape index (κ1) is 11.9. The van der Waals surface area contributed by atoms with E-state index in [0.717, 1.165) is 16.5 Å². The van der Waals surface area contributed by atoms with Gasteiger partial charge in [0.05, 0.1) is 12.7 Å². The van der Waals surface area contributed by atoms with Gasteiger partial charge in [0, 0.05) is 11.0 Å². The van der Waals surface area contributed by atoms with Crippen LogP contribution in [0.15, 0.2) is 17.5 Å². The van der Waals surface area contributed by atoms with Crippen LogP contribution < -0.4 is 0 Å². The Morgan fingerprint density at radius 3 is 3.00 bits per heavy atom. The zero-order valence-corrected chi connectivity index (χ0v) is 9.58. The van der Waals surface area contributed by atoms with Crippen molar-refractivity contribution in [1.82, 2.24) is 0 Å². The minimum Gasteiger partial charge on any atom is -0.478 e. The minimum absolute atomic E-state index is 0.213. The summed E-state index contributed by atoms with van der Waals surface area (Å²) >= 11 is 1.57. The lowest BCUT2D eigenvalue weighted by Gasteiger charge is -2.04. The van der Waals surface area contributed by atoms with Crippen LogP contribution in [0.4, 0.5) is 0 Å². The van der Waals surface area contributed by atoms with Crippen molar-refractivity contribution < 1.29 is 14.6 Å². The summed E-state index contributed by atoms with van der Waals surface area (Å²) in [7, 11) is 0. The number of aliphatic carboxylic acids is 1. The van der Waals surface area contributed by atoms with Crippen molar-refractivity contribution in [3.8, 4) is 0 Å². The Bertz CT molecular complexity index is 352. The van der Waals surface area contributed by atoms with Gasteiger partial charge in [-0.25, -0.2) is 4.79 Å². The number of carboxylic acids is 1. The van der Waals surface area contributed by atoms with E-state index in [0.29, 0.717) is 6.61 Å². The Morgan fingerprint density at radius 2 is 2.40 bits per heavy atom. The molecule has 0 aliphatic rings. The molecule has 3 nitrogen and oxygen atoms in total. The van der Waals surface area contributed by atoms with Crippen LogP contribution in [0.1, 0.15) is 24.3 Å². The van der Waals surface area contributed by atoms with Gasteiger partial charge in [0.1, 0.15) is 0 Å². The van der Waals surface area contributed by atoms with Crippen LogP contribution in [0, 0.1) is 0 Å². The lowest BCUT2D eigenvalue weighted by atomic mass is 10.3. The molecule has 0 aliphatic carbocycles. The molecule has 1 rings (SSSR count). The molecular formula is C11H14O3S. The molecule has 1 aromatic rings. The van der Waals surface area contributed by atoms with Crippen LogP contribution in [-0.2, 0) is 16.1 Å². The van der Waals surface area contributed by atoms with Gasteiger partial charge in [0.2, 0.25) is 0 Å². The van der Waals surface area contributed by atoms with Crippen molar-refractivity contribution in [3.63, 3.8) is 0 Å². The summed E-state index contributed by atoms with van der Waals surface area (Å²) in [5, 5.41) is 10.4. The van der Waals surface area contributed by atoms with Gasteiger partial charge in [-0.05, 0) is 36.9 Å². The molecule has 0 fully saturated rings. The molecule has 0 aliphatic heterocycles. The molecule has 0 radical (unpaired) electrons. The van der Waals surface area contributed by atoms with E-state index in [1.54, 1.807) is 17.4 Å². The molecule has 0 saturated heterocycles. The molecule has 0 atom stereocenters. The molecule has 82 valence electrons. The van der Waals surface area contributed by atoms with Crippen molar-refractivity contribution in [2.24, 2.45) is 0 Å². The molecule has 1 aromatic heterocycles. The first-order valence-electron chi connectivity index (χ1n) is 4.68. The molecule has 0 saturated carbocycles. The summed E-state index contributed by atoms with van der Waals surface area (Å²) in [5.74, 6) is -0.929. The summed E-state index contributed by atoms with van der Waals surface area (Å²) in [4.78, 5) is 11.4. The lowest BCUT2D eigenvalue weighted by Crippen LogP contribution is -2.00. The Hall–Kier alpha value is -1.13. The summed E-state index contributed by atoms with van der Waals surface area (Å²) in [6.45, 7) is 4.56. The number of ether oxygens (including phenoxy) is 1. The fourth-order valence-corrected chi connectivity index (χ4v) is 1.75. The van der Waals surface area contributed by atoms with Crippen LogP contribution in [0.25, 0.3) is 6.08 Å². The quantitative estimate of drug-likeness (QED) is 0.785. The highest BCUT2D eigenvalue weighted by Crippen LogP contribution is 2.17. The Morgan fingerprint density at radius 1 is 1.67 bits per heavy atom. The maximum absolute atomic E-state index is 10.3. The van der Waals surface area contributed by atoms with Gasteiger partial charge in [-0.1, -0.05) is 0 Å². The fourth-order valence-electron chi connectivity index (χ4n) is 0.977. The molecule has 1 N–H and O–H groups in total. The molecule has 0 bridgehead atoms. The molecule has 0 spiro atoms. The van der Waals surface area contributed by atoms with Crippen molar-refractivity contribution >= 4 is 23.4 Å². The average Bonchev–Trinajstić information content (AvgIpc) is 2.59. The van der Waals surface area contributed by atoms with Crippen molar-refractivity contribution in [3.05, 3.63) is 28.0 Å². The van der Waals surface area contributed by atoms with E-state index in [1.807, 2.05) is 25.3 Å². The highest BCUT2D eigenvalue weighted by Gasteiger charge is 2.00. The van der Waals surface area contributed by atoms with Crippen molar-refractivity contribution in [2.75, 3.05) is 0 Å². The molecule has 4 heteroatoms. The number of carbonyl (C=O) groups is 1. The van der Waals surface area contributed by atoms with Gasteiger partial charge >= 0.3 is 5.97 Å². The Kier molecular flexibility index (Phi) is 4.52. The molecule has 0 amide bonds. The summed E-state index contributed by atoms with van der Waals surface area (Å²) in [5.41, 5.74) is 0.907. The topological polar surface area (TPSA) is 46.5 Å². The van der Waals surface area contributed by atoms with Gasteiger partial charge in [-0.2, -0.15) is 0 Å². The predicted molar refractivity (Wildman–Crippen MR) is 60.9 cm³/mol. The van der Waals surface area contributed by atoms with Crippen LogP contribution in [0.5, 0.6) is 0 Å². The van der Waals surface area contributed by atoms with Gasteiger partial charge in [0.15, 0.2) is 0 Å². The van der Waals surface area contributed by atoms with Gasteiger partial charge < -0.3 is 9.84 Å². The number of carboxylic acid groups (broad SMARTS) is 1. The molecular weight excluding hydrogens is 212 g/mol. The average molecular weight is 226 g/mol. The summed E-state index contributed by atoms with van der Waals surface area (Å²) < 4.78 is 5.44. The first-order chi connectivity index (χ1) is 7.08. The van der Waals surface area contributed by atoms with E-state index in [2.05, 4.69) is 0 Å². The Labute approximate surface area is 93.0 Å². The standard InChI is InChI=1S/C11H14O3S/c1-8(2)14-6-10-5-9(7-15-10)3-4-11(12)13/h3-5,7-8H,6H2,1-2H3,(H,12,13). The third-order valence-corrected chi connectivity index (χ3v) is 2.58. The third kappa shape index (κ3) is 4.76. The van der Waals surface area contributed by atoms with Crippen molar-refractivity contribution in [2.45, 2.75) is 26.6 Å². The minimum atomic E-state index is -0.929. The molecule has 0 aromatic carbocycles. The number of hydrogen-bond acceptors (Lipinski definition) is 3. The number of hydrogen-bond donors (Lipinski definition) is 1. The predicted octanol–water partition coefficient (Wildman–Crippen LogP) is 2.77. The maximum atomic E-state index is 10.3. The van der Waals surface area contributed by atoms with Crippen LogP contribution in [0.3, 0.4) is 0 Å². The fraction of sp³-hybridized carbons (Fsp3) is 0.364. The van der Waals surface area contributed by atoms with E-state index in [9.17, 15) is 4.79 Å². The third-order valence-electron chi connectivity index (χ3n) is 1.65. The van der Waals surface area contributed by atoms with Gasteiger partial charge in [-0.3, -0.25) is 0 Å². The van der Waals surface area contributed by atoms with Crippen LogP contribution in [-0.4, -0.2) is 17.2 Å². The second-order valence-electron chi connectivity index (χ2n) is 3.38. The van der Waals surface area contributed by atoms with E-state index in [4.69, 9.17) is 9.84 Å². The maximum Gasteiger partial charge on any atom is 0.328 e. The van der Waals surface area contributed by atoms with Gasteiger partial charge in [-0.15, -0.1) is 11.3 Å². The zero-order chi connectivity index (χ0) is 11.3. The van der Waals surface area contributed by atoms with E-state index < -0.39 is 5.97 Å². The van der Waals surface area contributed by atoms with Crippen molar-refractivity contribution in [1.29, 1.82) is 0 Å². The number of thiophene rings is 1. The second-order valence-corrected chi connectivity index (χ2v) is 4.37. The van der Waals surface area contributed by atoms with E-state index in [1.165, 1.54) is 0 Å². The lowest BCUT2D eigenvalue weighted by molar-refractivity contribution is -0.131. The second kappa shape index (κ2) is 5.68. The van der Waals surface area contributed by atoms with E-state index in [-0.39, 0.29) is 6.10 Å². The highest BCUT2D eigenvalue weighted by molar-refractivity contribution is 7.10. The van der Waals surface area contributed by atoms with Crippen LogP contribution in [0.2, 0.25) is 0 Å². The molecule has 1 heterocycles. The van der Waals surface area contributed by atoms with Gasteiger partial charge in [0.25, 0.3) is 0 Å². The zero-order valence-electron chi connectivity index (χ0n) is 8.77. The highest BCUT2D eigenvalue weighted by atomic mass is 32.1. The Balaban J connectivity index is 2.52. The summed E-state index contributed by atoms with van der Waals surface area (Å²) in [6, 6.07) is 1.94. The largest absolute Gasteiger partial charge is 0.478 e. The molecule has 15 heavy (non-hydrogen) atoms. The monoisotopic (exact) mass is 226 g/mol. The summed E-state index contributed by atoms with van der Waals surface area (Å²) in [6.07, 6.45) is 2.93. The SMILES string of the molecule is CC(C)OCc1cc(C=CC(=O)O)cs1. The van der Waals surface area contributed by atoms with E-state index >= 15 is 0 Å². The number of rotatable bonds is 5. The van der Waals surface area contributed by atoms with Crippen LogP contribution >= 0.6 is 11.3 Å². The normalized spacial score (nSPS) is 11.4. The molecule has 0 unspecified atom stereocenters.